The van der Waals surface area contributed by atoms with Crippen LogP contribution in [-0.4, -0.2) is 32.1 Å². The zero-order valence-corrected chi connectivity index (χ0v) is 10.4. The second kappa shape index (κ2) is 7.16. The molecule has 0 unspecified atom stereocenters. The van der Waals surface area contributed by atoms with Crippen LogP contribution in [0.15, 0.2) is 24.3 Å². The maximum Gasteiger partial charge on any atom is 0.319 e. The lowest BCUT2D eigenvalue weighted by molar-refractivity contribution is -0.118. The molecule has 0 spiro atoms. The third-order valence-corrected chi connectivity index (χ3v) is 2.11. The van der Waals surface area contributed by atoms with Gasteiger partial charge in [0, 0.05) is 31.8 Å². The molecule has 0 saturated heterocycles. The molecule has 0 fully saturated rings. The predicted molar refractivity (Wildman–Crippen MR) is 68.7 cm³/mol. The summed E-state index contributed by atoms with van der Waals surface area (Å²) in [4.78, 5) is 22.1. The highest BCUT2D eigenvalue weighted by Crippen LogP contribution is 2.16. The third kappa shape index (κ3) is 5.20. The molecule has 0 heterocycles. The molecule has 6 heteroatoms. The number of ether oxygens (including phenoxy) is 1. The van der Waals surface area contributed by atoms with Crippen molar-refractivity contribution in [3.63, 3.8) is 0 Å². The van der Waals surface area contributed by atoms with Crippen LogP contribution in [0, 0.1) is 0 Å². The van der Waals surface area contributed by atoms with E-state index >= 15 is 0 Å². The smallest absolute Gasteiger partial charge is 0.319 e. The van der Waals surface area contributed by atoms with Gasteiger partial charge in [0.15, 0.2) is 0 Å². The molecule has 0 aliphatic heterocycles. The molecule has 3 N–H and O–H groups in total. The first-order valence-electron chi connectivity index (χ1n) is 5.55. The summed E-state index contributed by atoms with van der Waals surface area (Å²) >= 11 is 0. The summed E-state index contributed by atoms with van der Waals surface area (Å²) in [6.45, 7) is 2.20. The van der Waals surface area contributed by atoms with Crippen molar-refractivity contribution in [1.82, 2.24) is 10.6 Å². The number of benzene rings is 1. The molecule has 98 valence electrons. The Morgan fingerprint density at radius 3 is 2.61 bits per heavy atom. The first-order chi connectivity index (χ1) is 8.61. The van der Waals surface area contributed by atoms with Gasteiger partial charge in [-0.2, -0.15) is 0 Å². The predicted octanol–water partition coefficient (Wildman–Crippen LogP) is 0.953. The topological polar surface area (TPSA) is 79.5 Å². The molecule has 0 saturated carbocycles. The van der Waals surface area contributed by atoms with E-state index in [1.807, 2.05) is 0 Å². The number of urea groups is 1. The Labute approximate surface area is 106 Å². The molecular weight excluding hydrogens is 234 g/mol. The van der Waals surface area contributed by atoms with Crippen molar-refractivity contribution in [1.29, 1.82) is 0 Å². The Morgan fingerprint density at radius 1 is 1.22 bits per heavy atom. The third-order valence-electron chi connectivity index (χ3n) is 2.11. The van der Waals surface area contributed by atoms with Gasteiger partial charge in [-0.15, -0.1) is 0 Å². The van der Waals surface area contributed by atoms with Crippen molar-refractivity contribution in [2.24, 2.45) is 0 Å². The number of rotatable bonds is 5. The standard InChI is InChI=1S/C12H17N3O3/c1-9(16)13-6-7-14-12(17)15-10-4-3-5-11(8-10)18-2/h3-5,8H,6-7H2,1-2H3,(H,13,16)(H2,14,15,17). The minimum Gasteiger partial charge on any atom is -0.497 e. The monoisotopic (exact) mass is 251 g/mol. The van der Waals surface area contributed by atoms with E-state index in [1.54, 1.807) is 31.4 Å². The molecule has 0 aromatic heterocycles. The van der Waals surface area contributed by atoms with E-state index in [2.05, 4.69) is 16.0 Å². The second-order valence-corrected chi connectivity index (χ2v) is 3.60. The van der Waals surface area contributed by atoms with Gasteiger partial charge in [0.05, 0.1) is 7.11 Å². The van der Waals surface area contributed by atoms with Crippen LogP contribution in [0.4, 0.5) is 10.5 Å². The highest BCUT2D eigenvalue weighted by atomic mass is 16.5. The zero-order chi connectivity index (χ0) is 13.4. The van der Waals surface area contributed by atoms with E-state index < -0.39 is 0 Å². The Kier molecular flexibility index (Phi) is 5.50. The van der Waals surface area contributed by atoms with Gasteiger partial charge in [-0.1, -0.05) is 6.07 Å². The van der Waals surface area contributed by atoms with Crippen molar-refractivity contribution in [2.75, 3.05) is 25.5 Å². The fraction of sp³-hybridized carbons (Fsp3) is 0.333. The van der Waals surface area contributed by atoms with Gasteiger partial charge >= 0.3 is 6.03 Å². The second-order valence-electron chi connectivity index (χ2n) is 3.60. The van der Waals surface area contributed by atoms with Crippen molar-refractivity contribution in [2.45, 2.75) is 6.92 Å². The molecule has 1 aromatic carbocycles. The number of hydrogen-bond donors (Lipinski definition) is 3. The van der Waals surface area contributed by atoms with Gasteiger partial charge in [0.2, 0.25) is 5.91 Å². The van der Waals surface area contributed by atoms with Crippen LogP contribution in [0.3, 0.4) is 0 Å². The Balaban J connectivity index is 2.33. The molecule has 1 aromatic rings. The number of nitrogens with one attached hydrogen (secondary N) is 3. The van der Waals surface area contributed by atoms with E-state index in [-0.39, 0.29) is 11.9 Å². The molecule has 0 bridgehead atoms. The number of hydrogen-bond acceptors (Lipinski definition) is 3. The lowest BCUT2D eigenvalue weighted by Gasteiger charge is -2.08. The quantitative estimate of drug-likeness (QED) is 0.682. The number of amides is 3. The summed E-state index contributed by atoms with van der Waals surface area (Å²) in [6.07, 6.45) is 0. The van der Waals surface area contributed by atoms with Gasteiger partial charge in [0.1, 0.15) is 5.75 Å². The Hall–Kier alpha value is -2.24. The summed E-state index contributed by atoms with van der Waals surface area (Å²) in [7, 11) is 1.56. The fourth-order valence-corrected chi connectivity index (χ4v) is 1.29. The van der Waals surface area contributed by atoms with Crippen molar-refractivity contribution >= 4 is 17.6 Å². The molecule has 18 heavy (non-hydrogen) atoms. The van der Waals surface area contributed by atoms with Gasteiger partial charge in [-0.05, 0) is 12.1 Å². The van der Waals surface area contributed by atoms with Gasteiger partial charge in [-0.3, -0.25) is 4.79 Å². The summed E-state index contributed by atoms with van der Waals surface area (Å²) in [5.74, 6) is 0.552. The Morgan fingerprint density at radius 2 is 1.94 bits per heavy atom. The zero-order valence-electron chi connectivity index (χ0n) is 10.4. The number of carbonyl (C=O) groups is 2. The van der Waals surface area contributed by atoms with E-state index in [1.165, 1.54) is 6.92 Å². The van der Waals surface area contributed by atoms with Gasteiger partial charge in [0.25, 0.3) is 0 Å². The minimum absolute atomic E-state index is 0.120. The molecule has 6 nitrogen and oxygen atoms in total. The van der Waals surface area contributed by atoms with Gasteiger partial charge in [-0.25, -0.2) is 4.79 Å². The van der Waals surface area contributed by atoms with Crippen LogP contribution in [-0.2, 0) is 4.79 Å². The van der Waals surface area contributed by atoms with Crippen molar-refractivity contribution in [3.8, 4) is 5.75 Å². The molecule has 0 atom stereocenters. The lowest BCUT2D eigenvalue weighted by Crippen LogP contribution is -2.36. The average Bonchev–Trinajstić information content (AvgIpc) is 2.34. The molecular formula is C12H17N3O3. The molecule has 0 radical (unpaired) electrons. The van der Waals surface area contributed by atoms with E-state index in [0.29, 0.717) is 24.5 Å². The normalized spacial score (nSPS) is 9.44. The van der Waals surface area contributed by atoms with Crippen LogP contribution >= 0.6 is 0 Å². The van der Waals surface area contributed by atoms with Crippen LogP contribution in [0.2, 0.25) is 0 Å². The highest BCUT2D eigenvalue weighted by molar-refractivity contribution is 5.89. The minimum atomic E-state index is -0.325. The Bertz CT molecular complexity index is 421. The maximum absolute atomic E-state index is 11.5. The number of methoxy groups -OCH3 is 1. The van der Waals surface area contributed by atoms with E-state index in [4.69, 9.17) is 4.74 Å². The largest absolute Gasteiger partial charge is 0.497 e. The summed E-state index contributed by atoms with van der Waals surface area (Å²) in [5, 5.41) is 7.86. The lowest BCUT2D eigenvalue weighted by atomic mass is 10.3. The van der Waals surface area contributed by atoms with Crippen LogP contribution in [0.5, 0.6) is 5.75 Å². The first-order valence-corrected chi connectivity index (χ1v) is 5.55. The maximum atomic E-state index is 11.5. The molecule has 0 aliphatic carbocycles. The average molecular weight is 251 g/mol. The molecule has 3 amide bonds. The van der Waals surface area contributed by atoms with E-state index in [0.717, 1.165) is 0 Å². The molecule has 1 rings (SSSR count). The van der Waals surface area contributed by atoms with Crippen molar-refractivity contribution < 1.29 is 14.3 Å². The summed E-state index contributed by atoms with van der Waals surface area (Å²) in [6, 6.07) is 6.73. The summed E-state index contributed by atoms with van der Waals surface area (Å²) < 4.78 is 5.04. The van der Waals surface area contributed by atoms with Gasteiger partial charge < -0.3 is 20.7 Å². The highest BCUT2D eigenvalue weighted by Gasteiger charge is 2.01. The number of anilines is 1. The van der Waals surface area contributed by atoms with Crippen LogP contribution in [0.25, 0.3) is 0 Å². The first kappa shape index (κ1) is 13.8. The molecule has 0 aliphatic rings. The van der Waals surface area contributed by atoms with Crippen LogP contribution < -0.4 is 20.7 Å². The number of carbonyl (C=O) groups excluding carboxylic acids is 2. The van der Waals surface area contributed by atoms with Crippen LogP contribution in [0.1, 0.15) is 6.92 Å². The summed E-state index contributed by atoms with van der Waals surface area (Å²) in [5.41, 5.74) is 0.645. The SMILES string of the molecule is COc1cccc(NC(=O)NCCNC(C)=O)c1. The van der Waals surface area contributed by atoms with E-state index in [9.17, 15) is 9.59 Å². The fourth-order valence-electron chi connectivity index (χ4n) is 1.29. The van der Waals surface area contributed by atoms with Crippen molar-refractivity contribution in [3.05, 3.63) is 24.3 Å².